The number of nitrogens with two attached hydrogens (primary N) is 1. The predicted molar refractivity (Wildman–Crippen MR) is 115 cm³/mol. The highest BCUT2D eigenvalue weighted by atomic mass is 16.4. The van der Waals surface area contributed by atoms with E-state index in [0.29, 0.717) is 0 Å². The number of carboxylic acid groups (broad SMARTS) is 2. The molecular formula is C22H47NO4. The highest BCUT2D eigenvalue weighted by molar-refractivity contribution is 5.63. The van der Waals surface area contributed by atoms with Crippen LogP contribution in [-0.4, -0.2) is 28.7 Å². The van der Waals surface area contributed by atoms with E-state index in [1.54, 1.807) is 0 Å². The summed E-state index contributed by atoms with van der Waals surface area (Å²) < 4.78 is 0. The van der Waals surface area contributed by atoms with Crippen LogP contribution in [0, 0.1) is 0 Å². The third-order valence-corrected chi connectivity index (χ3v) is 4.06. The fourth-order valence-electron chi connectivity index (χ4n) is 2.69. The second-order valence-corrected chi connectivity index (χ2v) is 7.13. The minimum atomic E-state index is -0.833. The number of hydrogen-bond acceptors (Lipinski definition) is 3. The van der Waals surface area contributed by atoms with E-state index in [2.05, 4.69) is 6.92 Å². The molecule has 0 atom stereocenters. The molecule has 0 bridgehead atoms. The van der Waals surface area contributed by atoms with E-state index in [0.717, 1.165) is 20.4 Å². The zero-order valence-corrected chi connectivity index (χ0v) is 18.3. The van der Waals surface area contributed by atoms with Crippen LogP contribution in [0.4, 0.5) is 0 Å². The molecule has 0 aliphatic carbocycles. The Labute approximate surface area is 168 Å². The highest BCUT2D eigenvalue weighted by Crippen LogP contribution is 2.13. The molecule has 0 fully saturated rings. The maximum Gasteiger partial charge on any atom is 0.300 e. The van der Waals surface area contributed by atoms with Crippen molar-refractivity contribution in [3.63, 3.8) is 0 Å². The van der Waals surface area contributed by atoms with E-state index >= 15 is 0 Å². The number of aliphatic carboxylic acids is 2. The lowest BCUT2D eigenvalue weighted by Crippen LogP contribution is -1.97. The van der Waals surface area contributed by atoms with Crippen LogP contribution in [0.2, 0.25) is 0 Å². The average Bonchev–Trinajstić information content (AvgIpc) is 2.57. The van der Waals surface area contributed by atoms with Crippen molar-refractivity contribution < 1.29 is 19.8 Å². The zero-order valence-electron chi connectivity index (χ0n) is 18.3. The Morgan fingerprint density at radius 2 is 0.741 bits per heavy atom. The summed E-state index contributed by atoms with van der Waals surface area (Å²) in [5, 5.41) is 14.8. The first-order valence-corrected chi connectivity index (χ1v) is 11.0. The molecule has 5 heteroatoms. The van der Waals surface area contributed by atoms with Gasteiger partial charge in [0.15, 0.2) is 0 Å². The topological polar surface area (TPSA) is 101 Å². The minimum Gasteiger partial charge on any atom is -0.481 e. The summed E-state index contributed by atoms with van der Waals surface area (Å²) in [6.07, 6.45) is 22.9. The molecule has 0 amide bonds. The number of carbonyl (C=O) groups is 2. The first-order valence-electron chi connectivity index (χ1n) is 11.0. The van der Waals surface area contributed by atoms with Crippen molar-refractivity contribution in [3.8, 4) is 0 Å². The van der Waals surface area contributed by atoms with Crippen LogP contribution in [-0.2, 0) is 9.59 Å². The molecule has 0 aromatic rings. The molecule has 0 heterocycles. The number of hydrogen-bond donors (Lipinski definition) is 3. The Bertz CT molecular complexity index is 260. The van der Waals surface area contributed by atoms with Gasteiger partial charge >= 0.3 is 0 Å². The normalized spacial score (nSPS) is 9.63. The smallest absolute Gasteiger partial charge is 0.300 e. The van der Waals surface area contributed by atoms with Crippen LogP contribution in [0.15, 0.2) is 0 Å². The number of rotatable bonds is 16. The molecule has 0 saturated carbocycles. The average molecular weight is 390 g/mol. The van der Waals surface area contributed by atoms with Crippen LogP contribution in [0.1, 0.15) is 124 Å². The van der Waals surface area contributed by atoms with Gasteiger partial charge in [-0.3, -0.25) is 9.59 Å². The molecule has 0 unspecified atom stereocenters. The molecule has 4 N–H and O–H groups in total. The summed E-state index contributed by atoms with van der Waals surface area (Å²) in [6, 6.07) is 0. The van der Waals surface area contributed by atoms with Crippen LogP contribution in [0.3, 0.4) is 0 Å². The van der Waals surface area contributed by atoms with Crippen LogP contribution in [0.25, 0.3) is 0 Å². The zero-order chi connectivity index (χ0) is 21.2. The Kier molecular flexibility index (Phi) is 33.6. The molecule has 0 aromatic heterocycles. The van der Waals surface area contributed by atoms with Crippen LogP contribution in [0.5, 0.6) is 0 Å². The van der Waals surface area contributed by atoms with Gasteiger partial charge in [0.2, 0.25) is 0 Å². The largest absolute Gasteiger partial charge is 0.481 e. The lowest BCUT2D eigenvalue weighted by atomic mass is 10.0. The van der Waals surface area contributed by atoms with Gasteiger partial charge in [0, 0.05) is 13.8 Å². The molecule has 27 heavy (non-hydrogen) atoms. The first kappa shape index (κ1) is 30.6. The summed E-state index contributed by atoms with van der Waals surface area (Å²) in [6.45, 7) is 5.33. The van der Waals surface area contributed by atoms with E-state index in [4.69, 9.17) is 25.5 Å². The van der Waals surface area contributed by atoms with Crippen molar-refractivity contribution in [1.82, 2.24) is 0 Å². The molecule has 0 saturated heterocycles. The Balaban J connectivity index is -0.000000603. The highest BCUT2D eigenvalue weighted by Gasteiger charge is 1.94. The monoisotopic (exact) mass is 389 g/mol. The summed E-state index contributed by atoms with van der Waals surface area (Å²) in [4.78, 5) is 18.0. The molecule has 0 aliphatic rings. The van der Waals surface area contributed by atoms with Gasteiger partial charge in [-0.1, -0.05) is 103 Å². The third kappa shape index (κ3) is 58.8. The van der Waals surface area contributed by atoms with E-state index in [1.807, 2.05) is 0 Å². The lowest BCUT2D eigenvalue weighted by Gasteiger charge is -2.03. The van der Waals surface area contributed by atoms with Crippen LogP contribution < -0.4 is 5.73 Å². The molecule has 5 nitrogen and oxygen atoms in total. The minimum absolute atomic E-state index is 0.833. The number of unbranched alkanes of at least 4 members (excludes halogenated alkanes) is 15. The van der Waals surface area contributed by atoms with Crippen molar-refractivity contribution >= 4 is 11.9 Å². The SMILES string of the molecule is CC(=O)O.CC(=O)O.CCCCCCCCCCCCCCCCCCN. The van der Waals surface area contributed by atoms with E-state index in [-0.39, 0.29) is 0 Å². The lowest BCUT2D eigenvalue weighted by molar-refractivity contribution is -0.135. The molecule has 0 aliphatic heterocycles. The molecule has 0 rings (SSSR count). The molecule has 164 valence electrons. The molecule has 0 aromatic carbocycles. The van der Waals surface area contributed by atoms with Crippen molar-refractivity contribution in [2.45, 2.75) is 124 Å². The quantitative estimate of drug-likeness (QED) is 0.266. The molecule has 0 spiro atoms. The number of carboxylic acids is 2. The second kappa shape index (κ2) is 29.7. The van der Waals surface area contributed by atoms with Crippen molar-refractivity contribution in [1.29, 1.82) is 0 Å². The van der Waals surface area contributed by atoms with Gasteiger partial charge in [0.1, 0.15) is 0 Å². The van der Waals surface area contributed by atoms with Gasteiger partial charge in [-0.05, 0) is 13.0 Å². The van der Waals surface area contributed by atoms with Gasteiger partial charge in [-0.25, -0.2) is 0 Å². The standard InChI is InChI=1S/C18H39N.2C2H4O2/c1-2-3-4-5-6-7-8-9-10-11-12-13-14-15-16-17-18-19;2*1-2(3)4/h2-19H2,1H3;2*1H3,(H,3,4). The summed E-state index contributed by atoms with van der Waals surface area (Å²) in [5.74, 6) is -1.67. The van der Waals surface area contributed by atoms with Crippen molar-refractivity contribution in [2.75, 3.05) is 6.54 Å². The van der Waals surface area contributed by atoms with Gasteiger partial charge < -0.3 is 15.9 Å². The Hall–Kier alpha value is -1.10. The Morgan fingerprint density at radius 1 is 0.556 bits per heavy atom. The van der Waals surface area contributed by atoms with Gasteiger partial charge in [0.05, 0.1) is 0 Å². The maximum atomic E-state index is 9.00. The summed E-state index contributed by atoms with van der Waals surface area (Å²) in [5.41, 5.74) is 5.48. The van der Waals surface area contributed by atoms with Gasteiger partial charge in [0.25, 0.3) is 11.9 Å². The third-order valence-electron chi connectivity index (χ3n) is 4.06. The fraction of sp³-hybridized carbons (Fsp3) is 0.909. The van der Waals surface area contributed by atoms with E-state index in [9.17, 15) is 0 Å². The predicted octanol–water partition coefficient (Wildman–Crippen LogP) is 6.39. The molecule has 0 radical (unpaired) electrons. The second-order valence-electron chi connectivity index (χ2n) is 7.13. The molecular weight excluding hydrogens is 342 g/mol. The van der Waals surface area contributed by atoms with E-state index < -0.39 is 11.9 Å². The van der Waals surface area contributed by atoms with Gasteiger partial charge in [-0.15, -0.1) is 0 Å². The maximum absolute atomic E-state index is 9.00. The van der Waals surface area contributed by atoms with Crippen molar-refractivity contribution in [3.05, 3.63) is 0 Å². The van der Waals surface area contributed by atoms with Crippen LogP contribution >= 0.6 is 0 Å². The van der Waals surface area contributed by atoms with Crippen molar-refractivity contribution in [2.24, 2.45) is 5.73 Å². The first-order chi connectivity index (χ1) is 12.9. The van der Waals surface area contributed by atoms with E-state index in [1.165, 1.54) is 103 Å². The fourth-order valence-corrected chi connectivity index (χ4v) is 2.69. The Morgan fingerprint density at radius 3 is 0.926 bits per heavy atom. The summed E-state index contributed by atoms with van der Waals surface area (Å²) in [7, 11) is 0. The summed E-state index contributed by atoms with van der Waals surface area (Å²) >= 11 is 0. The van der Waals surface area contributed by atoms with Gasteiger partial charge in [-0.2, -0.15) is 0 Å².